The highest BCUT2D eigenvalue weighted by Crippen LogP contribution is 2.35. The Morgan fingerprint density at radius 1 is 1.30 bits per heavy atom. The number of anilines is 1. The molecule has 3 rings (SSSR count). The van der Waals surface area contributed by atoms with Gasteiger partial charge in [-0.3, -0.25) is 4.79 Å². The van der Waals surface area contributed by atoms with E-state index in [1.807, 2.05) is 35.2 Å². The Kier molecular flexibility index (Phi) is 6.19. The fraction of sp³-hybridized carbons (Fsp3) is 0.545. The average Bonchev–Trinajstić information content (AvgIpc) is 3.10. The summed E-state index contributed by atoms with van der Waals surface area (Å²) in [5.41, 5.74) is 2.89. The predicted octanol–water partition coefficient (Wildman–Crippen LogP) is 4.72. The smallest absolute Gasteiger partial charge is 0.232 e. The van der Waals surface area contributed by atoms with Gasteiger partial charge in [-0.05, 0) is 32.1 Å². The highest BCUT2D eigenvalue weighted by Gasteiger charge is 2.28. The van der Waals surface area contributed by atoms with E-state index >= 15 is 0 Å². The zero-order valence-corrected chi connectivity index (χ0v) is 16.9. The molecule has 0 saturated carbocycles. The first-order chi connectivity index (χ1) is 13.0. The quantitative estimate of drug-likeness (QED) is 0.739. The Labute approximate surface area is 162 Å². The molecule has 1 atom stereocenters. The second kappa shape index (κ2) is 8.59. The van der Waals surface area contributed by atoms with E-state index in [2.05, 4.69) is 30.8 Å². The number of aromatic nitrogens is 1. The second-order valence-corrected chi connectivity index (χ2v) is 7.75. The Morgan fingerprint density at radius 2 is 1.96 bits per heavy atom. The highest BCUT2D eigenvalue weighted by atomic mass is 16.5. The number of carbonyl (C=O) groups excluding carboxylic acids is 1. The van der Waals surface area contributed by atoms with Gasteiger partial charge in [0.25, 0.3) is 0 Å². The third-order valence-electron chi connectivity index (χ3n) is 5.74. The lowest BCUT2D eigenvalue weighted by Gasteiger charge is -2.32. The van der Waals surface area contributed by atoms with Crippen molar-refractivity contribution >= 4 is 11.8 Å². The number of hydrogen-bond donors (Lipinski definition) is 0. The maximum atomic E-state index is 12.3. The van der Waals surface area contributed by atoms with Gasteiger partial charge < -0.3 is 14.3 Å². The van der Waals surface area contributed by atoms with Crippen LogP contribution in [0.2, 0.25) is 0 Å². The molecule has 1 fully saturated rings. The van der Waals surface area contributed by atoms with Crippen LogP contribution < -0.4 is 4.90 Å². The molecule has 1 saturated heterocycles. The maximum absolute atomic E-state index is 12.3. The van der Waals surface area contributed by atoms with Gasteiger partial charge >= 0.3 is 0 Å². The largest absolute Gasteiger partial charge is 0.340 e. The summed E-state index contributed by atoms with van der Waals surface area (Å²) in [6.07, 6.45) is 3.23. The maximum Gasteiger partial charge on any atom is 0.232 e. The van der Waals surface area contributed by atoms with Gasteiger partial charge in [0.1, 0.15) is 5.69 Å². The lowest BCUT2D eigenvalue weighted by atomic mass is 9.98. The summed E-state index contributed by atoms with van der Waals surface area (Å²) < 4.78 is 5.86. The molecule has 0 unspecified atom stereocenters. The van der Waals surface area contributed by atoms with Crippen molar-refractivity contribution in [2.45, 2.75) is 59.5 Å². The summed E-state index contributed by atoms with van der Waals surface area (Å²) in [4.78, 5) is 16.5. The van der Waals surface area contributed by atoms with Crippen LogP contribution in [0.25, 0.3) is 11.3 Å². The molecule has 1 aromatic carbocycles. The molecule has 0 aliphatic carbocycles. The SMILES string of the molecule is CC[C@@H](C)N(Cc1c(-c2ccccc2)noc1N1CCC(C)CC1)C(C)=O. The lowest BCUT2D eigenvalue weighted by Crippen LogP contribution is -2.37. The summed E-state index contributed by atoms with van der Waals surface area (Å²) in [7, 11) is 0. The van der Waals surface area contributed by atoms with Crippen LogP contribution in [0.3, 0.4) is 0 Å². The molecule has 0 spiro atoms. The van der Waals surface area contributed by atoms with Crippen molar-refractivity contribution in [2.75, 3.05) is 18.0 Å². The molecule has 2 aromatic rings. The summed E-state index contributed by atoms with van der Waals surface area (Å²) in [6.45, 7) is 10.6. The van der Waals surface area contributed by atoms with Crippen molar-refractivity contribution < 1.29 is 9.32 Å². The normalized spacial score (nSPS) is 16.4. The van der Waals surface area contributed by atoms with Gasteiger partial charge in [-0.2, -0.15) is 0 Å². The number of benzene rings is 1. The first-order valence-electron chi connectivity index (χ1n) is 10.1. The van der Waals surface area contributed by atoms with Crippen LogP contribution in [0.5, 0.6) is 0 Å². The predicted molar refractivity (Wildman–Crippen MR) is 109 cm³/mol. The topological polar surface area (TPSA) is 49.6 Å². The molecule has 146 valence electrons. The molecule has 0 N–H and O–H groups in total. The number of amides is 1. The third kappa shape index (κ3) is 4.34. The number of rotatable bonds is 6. The minimum absolute atomic E-state index is 0.0859. The Bertz CT molecular complexity index is 748. The van der Waals surface area contributed by atoms with Crippen LogP contribution in [-0.4, -0.2) is 35.1 Å². The minimum Gasteiger partial charge on any atom is -0.340 e. The second-order valence-electron chi connectivity index (χ2n) is 7.75. The van der Waals surface area contributed by atoms with E-state index in [9.17, 15) is 4.79 Å². The molecule has 1 amide bonds. The first kappa shape index (κ1) is 19.5. The van der Waals surface area contributed by atoms with Gasteiger partial charge in [0.2, 0.25) is 11.8 Å². The summed E-state index contributed by atoms with van der Waals surface area (Å²) in [5, 5.41) is 4.42. The lowest BCUT2D eigenvalue weighted by molar-refractivity contribution is -0.131. The van der Waals surface area contributed by atoms with Crippen molar-refractivity contribution in [1.29, 1.82) is 0 Å². The number of nitrogens with zero attached hydrogens (tertiary/aromatic N) is 3. The van der Waals surface area contributed by atoms with E-state index in [-0.39, 0.29) is 11.9 Å². The van der Waals surface area contributed by atoms with Crippen LogP contribution in [0.4, 0.5) is 5.88 Å². The fourth-order valence-electron chi connectivity index (χ4n) is 3.69. The number of carbonyl (C=O) groups is 1. The van der Waals surface area contributed by atoms with E-state index < -0.39 is 0 Å². The van der Waals surface area contributed by atoms with Crippen molar-refractivity contribution in [2.24, 2.45) is 5.92 Å². The Hall–Kier alpha value is -2.30. The van der Waals surface area contributed by atoms with Crippen LogP contribution in [0.1, 0.15) is 52.5 Å². The Morgan fingerprint density at radius 3 is 2.56 bits per heavy atom. The number of hydrogen-bond acceptors (Lipinski definition) is 4. The van der Waals surface area contributed by atoms with E-state index in [0.29, 0.717) is 6.54 Å². The summed E-state index contributed by atoms with van der Waals surface area (Å²) in [5.74, 6) is 1.66. The van der Waals surface area contributed by atoms with Crippen molar-refractivity contribution in [3.63, 3.8) is 0 Å². The van der Waals surface area contributed by atoms with Gasteiger partial charge in [0.05, 0.1) is 12.1 Å². The molecular formula is C22H31N3O2. The van der Waals surface area contributed by atoms with Crippen molar-refractivity contribution in [3.05, 3.63) is 35.9 Å². The van der Waals surface area contributed by atoms with E-state index in [4.69, 9.17) is 4.52 Å². The molecule has 1 aliphatic rings. The molecule has 5 nitrogen and oxygen atoms in total. The first-order valence-corrected chi connectivity index (χ1v) is 10.1. The number of piperidine rings is 1. The highest BCUT2D eigenvalue weighted by molar-refractivity contribution is 5.75. The third-order valence-corrected chi connectivity index (χ3v) is 5.74. The molecule has 1 aliphatic heterocycles. The van der Waals surface area contributed by atoms with Crippen LogP contribution in [0.15, 0.2) is 34.9 Å². The summed E-state index contributed by atoms with van der Waals surface area (Å²) in [6, 6.07) is 10.3. The summed E-state index contributed by atoms with van der Waals surface area (Å²) >= 11 is 0. The van der Waals surface area contributed by atoms with Gasteiger partial charge in [0.15, 0.2) is 0 Å². The molecular weight excluding hydrogens is 338 g/mol. The van der Waals surface area contributed by atoms with Gasteiger partial charge in [-0.25, -0.2) is 0 Å². The van der Waals surface area contributed by atoms with Gasteiger partial charge in [0, 0.05) is 31.6 Å². The molecule has 0 bridgehead atoms. The van der Waals surface area contributed by atoms with Crippen LogP contribution in [-0.2, 0) is 11.3 Å². The monoisotopic (exact) mass is 369 g/mol. The van der Waals surface area contributed by atoms with Crippen LogP contribution >= 0.6 is 0 Å². The zero-order valence-electron chi connectivity index (χ0n) is 16.9. The van der Waals surface area contributed by atoms with E-state index in [1.165, 1.54) is 0 Å². The van der Waals surface area contributed by atoms with Crippen molar-refractivity contribution in [1.82, 2.24) is 10.1 Å². The average molecular weight is 370 g/mol. The minimum atomic E-state index is 0.0859. The molecule has 27 heavy (non-hydrogen) atoms. The van der Waals surface area contributed by atoms with Crippen molar-refractivity contribution in [3.8, 4) is 11.3 Å². The fourth-order valence-corrected chi connectivity index (χ4v) is 3.69. The van der Waals surface area contributed by atoms with E-state index in [0.717, 1.165) is 61.0 Å². The zero-order chi connectivity index (χ0) is 19.4. The molecule has 1 aromatic heterocycles. The van der Waals surface area contributed by atoms with E-state index in [1.54, 1.807) is 6.92 Å². The Balaban J connectivity index is 1.99. The molecule has 0 radical (unpaired) electrons. The van der Waals surface area contributed by atoms with Gasteiger partial charge in [-0.15, -0.1) is 0 Å². The molecule has 5 heteroatoms. The van der Waals surface area contributed by atoms with Crippen LogP contribution in [0, 0.1) is 5.92 Å². The molecule has 2 heterocycles. The van der Waals surface area contributed by atoms with Gasteiger partial charge in [-0.1, -0.05) is 49.3 Å². The standard InChI is InChI=1S/C22H31N3O2/c1-5-17(3)25(18(4)26)15-20-21(19-9-7-6-8-10-19)23-27-22(20)24-13-11-16(2)12-14-24/h6-10,16-17H,5,11-15H2,1-4H3/t17-/m1/s1.